The van der Waals surface area contributed by atoms with Crippen molar-refractivity contribution in [2.24, 2.45) is 0 Å². The van der Waals surface area contributed by atoms with Crippen molar-refractivity contribution in [2.45, 2.75) is 6.18 Å². The second-order valence-corrected chi connectivity index (χ2v) is 4.41. The molecular formula is C14H8ClF3N2. The molecule has 2 aromatic rings. The number of anilines is 2. The number of nitrogens with zero attached hydrogens (tertiary/aromatic N) is 1. The molecule has 102 valence electrons. The smallest absolute Gasteiger partial charge is 0.354 e. The first kappa shape index (κ1) is 14.2. The Kier molecular flexibility index (Phi) is 3.86. The van der Waals surface area contributed by atoms with Gasteiger partial charge in [0.2, 0.25) is 0 Å². The summed E-state index contributed by atoms with van der Waals surface area (Å²) in [5.74, 6) is 0. The zero-order valence-electron chi connectivity index (χ0n) is 10.0. The van der Waals surface area contributed by atoms with Gasteiger partial charge >= 0.3 is 6.18 Å². The molecule has 6 heteroatoms. The number of hydrogen-bond acceptors (Lipinski definition) is 2. The molecule has 0 bridgehead atoms. The number of alkyl halides is 3. The molecule has 0 spiro atoms. The number of hydrogen-bond donors (Lipinski definition) is 1. The van der Waals surface area contributed by atoms with Crippen LogP contribution in [0.15, 0.2) is 42.5 Å². The van der Waals surface area contributed by atoms with Crippen LogP contribution in [0.1, 0.15) is 11.1 Å². The van der Waals surface area contributed by atoms with E-state index in [0.29, 0.717) is 5.69 Å². The van der Waals surface area contributed by atoms with Crippen molar-refractivity contribution in [1.82, 2.24) is 0 Å². The van der Waals surface area contributed by atoms with E-state index in [9.17, 15) is 13.2 Å². The molecule has 0 amide bonds. The van der Waals surface area contributed by atoms with E-state index in [1.165, 1.54) is 24.3 Å². The highest BCUT2D eigenvalue weighted by Gasteiger charge is 2.33. The lowest BCUT2D eigenvalue weighted by molar-refractivity contribution is -0.136. The maximum atomic E-state index is 12.9. The van der Waals surface area contributed by atoms with E-state index in [-0.39, 0.29) is 16.3 Å². The quantitative estimate of drug-likeness (QED) is 0.849. The summed E-state index contributed by atoms with van der Waals surface area (Å²) in [7, 11) is 0. The van der Waals surface area contributed by atoms with Gasteiger partial charge in [0.1, 0.15) is 6.07 Å². The van der Waals surface area contributed by atoms with Crippen molar-refractivity contribution >= 4 is 23.0 Å². The Balaban J connectivity index is 2.47. The summed E-state index contributed by atoms with van der Waals surface area (Å²) in [6.45, 7) is 0. The van der Waals surface area contributed by atoms with Crippen molar-refractivity contribution in [2.75, 3.05) is 5.32 Å². The summed E-state index contributed by atoms with van der Waals surface area (Å²) in [6, 6.07) is 11.7. The molecule has 0 unspecified atom stereocenters. The fourth-order valence-corrected chi connectivity index (χ4v) is 1.87. The molecule has 2 aromatic carbocycles. The molecule has 0 aliphatic carbocycles. The highest BCUT2D eigenvalue weighted by atomic mass is 35.5. The molecule has 2 nitrogen and oxygen atoms in total. The van der Waals surface area contributed by atoms with Gasteiger partial charge in [0.15, 0.2) is 0 Å². The third-order valence-corrected chi connectivity index (χ3v) is 2.84. The Labute approximate surface area is 118 Å². The average Bonchev–Trinajstić information content (AvgIpc) is 2.40. The van der Waals surface area contributed by atoms with Crippen molar-refractivity contribution < 1.29 is 13.2 Å². The van der Waals surface area contributed by atoms with E-state index in [2.05, 4.69) is 5.32 Å². The van der Waals surface area contributed by atoms with Crippen LogP contribution in [0, 0.1) is 11.3 Å². The highest BCUT2D eigenvalue weighted by molar-refractivity contribution is 6.30. The van der Waals surface area contributed by atoms with Crippen LogP contribution in [-0.4, -0.2) is 0 Å². The van der Waals surface area contributed by atoms with Crippen LogP contribution >= 0.6 is 11.6 Å². The van der Waals surface area contributed by atoms with Crippen molar-refractivity contribution in [3.05, 3.63) is 58.6 Å². The second-order valence-electron chi connectivity index (χ2n) is 3.97. The third-order valence-electron chi connectivity index (χ3n) is 2.60. The maximum Gasteiger partial charge on any atom is 0.418 e. The van der Waals surface area contributed by atoms with Crippen molar-refractivity contribution in [3.8, 4) is 6.07 Å². The van der Waals surface area contributed by atoms with E-state index < -0.39 is 11.7 Å². The van der Waals surface area contributed by atoms with Crippen LogP contribution < -0.4 is 5.32 Å². The Morgan fingerprint density at radius 2 is 1.75 bits per heavy atom. The van der Waals surface area contributed by atoms with E-state index in [4.69, 9.17) is 16.9 Å². The van der Waals surface area contributed by atoms with E-state index >= 15 is 0 Å². The summed E-state index contributed by atoms with van der Waals surface area (Å²) in [5, 5.41) is 11.6. The van der Waals surface area contributed by atoms with Gasteiger partial charge in [-0.05, 0) is 30.3 Å². The monoisotopic (exact) mass is 296 g/mol. The molecule has 0 aliphatic rings. The molecule has 0 radical (unpaired) electrons. The SMILES string of the molecule is N#Cc1ccccc1Nc1ccc(Cl)cc1C(F)(F)F. The molecule has 0 heterocycles. The molecule has 0 saturated carbocycles. The first-order valence-electron chi connectivity index (χ1n) is 5.54. The molecule has 1 N–H and O–H groups in total. The maximum absolute atomic E-state index is 12.9. The molecule has 20 heavy (non-hydrogen) atoms. The normalized spacial score (nSPS) is 10.9. The number of para-hydroxylation sites is 1. The number of nitrogens with one attached hydrogen (secondary N) is 1. The van der Waals surface area contributed by atoms with Gasteiger partial charge in [0.25, 0.3) is 0 Å². The standard InChI is InChI=1S/C14H8ClF3N2/c15-10-5-6-13(11(7-10)14(16,17)18)20-12-4-2-1-3-9(12)8-19/h1-7,20H. The van der Waals surface area contributed by atoms with Crippen LogP contribution in [0.3, 0.4) is 0 Å². The average molecular weight is 297 g/mol. The highest BCUT2D eigenvalue weighted by Crippen LogP contribution is 2.37. The largest absolute Gasteiger partial charge is 0.418 e. The fourth-order valence-electron chi connectivity index (χ4n) is 1.69. The van der Waals surface area contributed by atoms with Gasteiger partial charge in [-0.25, -0.2) is 0 Å². The molecule has 2 rings (SSSR count). The third kappa shape index (κ3) is 3.03. The lowest BCUT2D eigenvalue weighted by Crippen LogP contribution is -2.09. The molecule has 0 aliphatic heterocycles. The number of nitriles is 1. The zero-order valence-corrected chi connectivity index (χ0v) is 10.8. The minimum absolute atomic E-state index is 0.00329. The van der Waals surface area contributed by atoms with Gasteiger partial charge in [-0.1, -0.05) is 23.7 Å². The lowest BCUT2D eigenvalue weighted by Gasteiger charge is -2.15. The Bertz CT molecular complexity index is 675. The van der Waals surface area contributed by atoms with Gasteiger partial charge in [-0.2, -0.15) is 18.4 Å². The minimum atomic E-state index is -4.53. The minimum Gasteiger partial charge on any atom is -0.354 e. The Morgan fingerprint density at radius 1 is 1.05 bits per heavy atom. The predicted octanol–water partition coefficient (Wildman–Crippen LogP) is 4.97. The summed E-state index contributed by atoms with van der Waals surface area (Å²) in [4.78, 5) is 0. The Hall–Kier alpha value is -2.19. The fraction of sp³-hybridized carbons (Fsp3) is 0.0714. The molecule has 0 saturated heterocycles. The summed E-state index contributed by atoms with van der Waals surface area (Å²) < 4.78 is 38.8. The molecule has 0 atom stereocenters. The van der Waals surface area contributed by atoms with Crippen LogP contribution in [0.25, 0.3) is 0 Å². The number of benzene rings is 2. The van der Waals surface area contributed by atoms with Gasteiger partial charge in [0, 0.05) is 5.02 Å². The van der Waals surface area contributed by atoms with Gasteiger partial charge in [-0.15, -0.1) is 0 Å². The second kappa shape index (κ2) is 5.43. The van der Waals surface area contributed by atoms with Crippen LogP contribution in [0.4, 0.5) is 24.5 Å². The van der Waals surface area contributed by atoms with Gasteiger partial charge < -0.3 is 5.32 Å². The number of halogens is 4. The summed E-state index contributed by atoms with van der Waals surface area (Å²) >= 11 is 5.60. The predicted molar refractivity (Wildman–Crippen MR) is 70.9 cm³/mol. The van der Waals surface area contributed by atoms with E-state index in [1.807, 2.05) is 6.07 Å². The number of rotatable bonds is 2. The molecule has 0 fully saturated rings. The van der Waals surface area contributed by atoms with Crippen LogP contribution in [-0.2, 0) is 6.18 Å². The van der Waals surface area contributed by atoms with Crippen LogP contribution in [0.2, 0.25) is 5.02 Å². The van der Waals surface area contributed by atoms with Crippen molar-refractivity contribution in [1.29, 1.82) is 5.26 Å². The first-order chi connectivity index (χ1) is 9.41. The summed E-state index contributed by atoms with van der Waals surface area (Å²) in [5.41, 5.74) is -0.458. The zero-order chi connectivity index (χ0) is 14.8. The van der Waals surface area contributed by atoms with Crippen LogP contribution in [0.5, 0.6) is 0 Å². The lowest BCUT2D eigenvalue weighted by atomic mass is 10.1. The molecule has 0 aromatic heterocycles. The van der Waals surface area contributed by atoms with Crippen molar-refractivity contribution in [3.63, 3.8) is 0 Å². The summed E-state index contributed by atoms with van der Waals surface area (Å²) in [6.07, 6.45) is -4.53. The molecular weight excluding hydrogens is 289 g/mol. The first-order valence-corrected chi connectivity index (χ1v) is 5.92. The van der Waals surface area contributed by atoms with Gasteiger partial charge in [-0.3, -0.25) is 0 Å². The van der Waals surface area contributed by atoms with E-state index in [0.717, 1.165) is 6.07 Å². The topological polar surface area (TPSA) is 35.8 Å². The van der Waals surface area contributed by atoms with Gasteiger partial charge in [0.05, 0.1) is 22.5 Å². The van der Waals surface area contributed by atoms with E-state index in [1.54, 1.807) is 12.1 Å². The Morgan fingerprint density at radius 3 is 2.40 bits per heavy atom.